The third kappa shape index (κ3) is 3.36. The van der Waals surface area contributed by atoms with Crippen molar-refractivity contribution >= 4 is 33.8 Å². The Labute approximate surface area is 193 Å². The van der Waals surface area contributed by atoms with Gasteiger partial charge in [0.1, 0.15) is 11.7 Å². The Hall–Kier alpha value is -2.30. The van der Waals surface area contributed by atoms with Gasteiger partial charge in [-0.3, -0.25) is 5.10 Å². The lowest BCUT2D eigenvalue weighted by molar-refractivity contribution is -0.129. The number of nitrogens with one attached hydrogen (secondary N) is 2. The molecule has 6 rings (SSSR count). The number of para-hydroxylation sites is 1. The number of aromatic amines is 1. The number of aromatic nitrogens is 5. The SMILES string of the molecule is C[C@H]1C[C@@]2(C[C@@H](c3cn(Cc4n[nH]c5ccccc45)nn3)N1)OC[C@@H](O)c1cc(Cl)sc12. The van der Waals surface area contributed by atoms with E-state index in [0.29, 0.717) is 17.3 Å². The maximum Gasteiger partial charge on any atom is 0.106 e. The molecule has 32 heavy (non-hydrogen) atoms. The summed E-state index contributed by atoms with van der Waals surface area (Å²) in [5.74, 6) is 0. The van der Waals surface area contributed by atoms with E-state index in [9.17, 15) is 5.11 Å². The largest absolute Gasteiger partial charge is 0.386 e. The molecule has 2 aliphatic rings. The summed E-state index contributed by atoms with van der Waals surface area (Å²) in [5.41, 5.74) is 3.22. The number of aliphatic hydroxyl groups excluding tert-OH is 1. The fourth-order valence-corrected chi connectivity index (χ4v) is 6.53. The van der Waals surface area contributed by atoms with Gasteiger partial charge in [-0.15, -0.1) is 16.4 Å². The molecule has 8 nitrogen and oxygen atoms in total. The van der Waals surface area contributed by atoms with E-state index in [1.807, 2.05) is 35.1 Å². The van der Waals surface area contributed by atoms with Crippen LogP contribution in [-0.2, 0) is 16.9 Å². The highest BCUT2D eigenvalue weighted by atomic mass is 35.5. The minimum atomic E-state index is -0.632. The molecule has 3 aromatic heterocycles. The van der Waals surface area contributed by atoms with Crippen LogP contribution in [0.15, 0.2) is 36.5 Å². The lowest BCUT2D eigenvalue weighted by atomic mass is 9.79. The standard InChI is InChI=1S/C22H23ClN6O2S/c1-12-7-22(21-14(6-20(23)32-21)19(30)11-31-22)8-16(24-12)18-10-29(28-27-18)9-17-13-4-2-3-5-15(13)25-26-17/h2-6,10,12,16,19,24,30H,7-9,11H2,1H3,(H,25,26)/t12-,16-,19+,22-/m0/s1. The molecule has 0 unspecified atom stereocenters. The van der Waals surface area contributed by atoms with Crippen molar-refractivity contribution in [2.75, 3.05) is 6.61 Å². The van der Waals surface area contributed by atoms with Gasteiger partial charge in [0.05, 0.1) is 46.6 Å². The summed E-state index contributed by atoms with van der Waals surface area (Å²) >= 11 is 7.83. The van der Waals surface area contributed by atoms with E-state index in [0.717, 1.165) is 39.2 Å². The van der Waals surface area contributed by atoms with Crippen molar-refractivity contribution in [3.63, 3.8) is 0 Å². The number of hydrogen-bond donors (Lipinski definition) is 3. The first-order valence-electron chi connectivity index (χ1n) is 10.7. The molecule has 0 bridgehead atoms. The second-order valence-electron chi connectivity index (χ2n) is 8.74. The van der Waals surface area contributed by atoms with Gasteiger partial charge in [0.15, 0.2) is 0 Å². The van der Waals surface area contributed by atoms with Crippen LogP contribution < -0.4 is 5.32 Å². The first kappa shape index (κ1) is 20.3. The Bertz CT molecular complexity index is 1280. The average Bonchev–Trinajstić information content (AvgIpc) is 3.51. The fraction of sp³-hybridized carbons (Fsp3) is 0.409. The Balaban J connectivity index is 1.28. The smallest absolute Gasteiger partial charge is 0.106 e. The van der Waals surface area contributed by atoms with E-state index in [1.54, 1.807) is 0 Å². The molecule has 0 radical (unpaired) electrons. The molecule has 4 atom stereocenters. The van der Waals surface area contributed by atoms with Crippen molar-refractivity contribution in [2.24, 2.45) is 0 Å². The van der Waals surface area contributed by atoms with Crippen molar-refractivity contribution in [1.29, 1.82) is 0 Å². The predicted molar refractivity (Wildman–Crippen MR) is 122 cm³/mol. The van der Waals surface area contributed by atoms with Gasteiger partial charge in [-0.2, -0.15) is 5.10 Å². The molecule has 1 spiro atoms. The van der Waals surface area contributed by atoms with E-state index >= 15 is 0 Å². The Morgan fingerprint density at radius 1 is 1.34 bits per heavy atom. The first-order chi connectivity index (χ1) is 15.5. The zero-order valence-electron chi connectivity index (χ0n) is 17.5. The number of hydrogen-bond acceptors (Lipinski definition) is 7. The van der Waals surface area contributed by atoms with E-state index in [1.165, 1.54) is 11.3 Å². The summed E-state index contributed by atoms with van der Waals surface area (Å²) in [6.45, 7) is 2.97. The molecule has 4 aromatic rings. The van der Waals surface area contributed by atoms with Gasteiger partial charge < -0.3 is 15.2 Å². The molecule has 0 saturated carbocycles. The number of halogens is 1. The molecule has 0 amide bonds. The van der Waals surface area contributed by atoms with Gasteiger partial charge in [0.2, 0.25) is 0 Å². The zero-order chi connectivity index (χ0) is 21.9. The summed E-state index contributed by atoms with van der Waals surface area (Å²) < 4.78 is 8.82. The highest BCUT2D eigenvalue weighted by Gasteiger charge is 2.48. The van der Waals surface area contributed by atoms with Gasteiger partial charge in [-0.25, -0.2) is 4.68 Å². The van der Waals surface area contributed by atoms with Crippen LogP contribution in [0.25, 0.3) is 10.9 Å². The number of rotatable bonds is 3. The normalized spacial score (nSPS) is 27.8. The van der Waals surface area contributed by atoms with Gasteiger partial charge >= 0.3 is 0 Å². The van der Waals surface area contributed by atoms with Gasteiger partial charge in [-0.1, -0.05) is 35.0 Å². The van der Waals surface area contributed by atoms with Crippen molar-refractivity contribution < 1.29 is 9.84 Å². The van der Waals surface area contributed by atoms with E-state index in [2.05, 4.69) is 38.8 Å². The van der Waals surface area contributed by atoms with Crippen LogP contribution >= 0.6 is 22.9 Å². The molecule has 5 heterocycles. The van der Waals surface area contributed by atoms with Crippen LogP contribution in [0.5, 0.6) is 0 Å². The molecule has 3 N–H and O–H groups in total. The highest BCUT2D eigenvalue weighted by Crippen LogP contribution is 2.51. The minimum Gasteiger partial charge on any atom is -0.386 e. The maximum absolute atomic E-state index is 10.4. The van der Waals surface area contributed by atoms with Crippen molar-refractivity contribution in [2.45, 2.75) is 50.1 Å². The number of aliphatic hydroxyl groups is 1. The van der Waals surface area contributed by atoms with Crippen LogP contribution in [0.4, 0.5) is 0 Å². The van der Waals surface area contributed by atoms with Gasteiger partial charge in [0.25, 0.3) is 0 Å². The topological polar surface area (TPSA) is 101 Å². The lowest BCUT2D eigenvalue weighted by Gasteiger charge is -2.46. The number of ether oxygens (including phenoxy) is 1. The molecule has 1 aromatic carbocycles. The number of fused-ring (bicyclic) bond motifs is 3. The number of benzene rings is 1. The number of nitrogens with zero attached hydrogens (tertiary/aromatic N) is 4. The Kier molecular flexibility index (Phi) is 4.85. The average molecular weight is 471 g/mol. The second kappa shape index (κ2) is 7.64. The number of thiophene rings is 1. The monoisotopic (exact) mass is 470 g/mol. The second-order valence-corrected chi connectivity index (χ2v) is 10.4. The lowest BCUT2D eigenvalue weighted by Crippen LogP contribution is -2.50. The maximum atomic E-state index is 10.4. The number of H-pyrrole nitrogens is 1. The van der Waals surface area contributed by atoms with Gasteiger partial charge in [0, 0.05) is 28.3 Å². The quantitative estimate of drug-likeness (QED) is 0.422. The molecule has 10 heteroatoms. The molecular formula is C22H23ClN6O2S. The van der Waals surface area contributed by atoms with E-state index in [-0.39, 0.29) is 18.7 Å². The van der Waals surface area contributed by atoms with Crippen molar-refractivity contribution in [1.82, 2.24) is 30.5 Å². The zero-order valence-corrected chi connectivity index (χ0v) is 19.0. The van der Waals surface area contributed by atoms with Crippen LogP contribution in [0.3, 0.4) is 0 Å². The van der Waals surface area contributed by atoms with Crippen LogP contribution in [-0.4, -0.2) is 42.9 Å². The molecule has 0 aliphatic carbocycles. The van der Waals surface area contributed by atoms with Gasteiger partial charge in [-0.05, 0) is 25.5 Å². The third-order valence-corrected chi connectivity index (χ3v) is 7.92. The molecular weight excluding hydrogens is 448 g/mol. The summed E-state index contributed by atoms with van der Waals surface area (Å²) in [5, 5.41) is 31.5. The number of piperidine rings is 1. The molecule has 2 aliphatic heterocycles. The third-order valence-electron chi connectivity index (χ3n) is 6.45. The minimum absolute atomic E-state index is 0.0209. The molecule has 1 saturated heterocycles. The fourth-order valence-electron chi connectivity index (χ4n) is 5.08. The molecule has 166 valence electrons. The summed E-state index contributed by atoms with van der Waals surface area (Å²) in [7, 11) is 0. The van der Waals surface area contributed by atoms with Crippen LogP contribution in [0.2, 0.25) is 4.34 Å². The highest BCUT2D eigenvalue weighted by molar-refractivity contribution is 7.16. The summed E-state index contributed by atoms with van der Waals surface area (Å²) in [6.07, 6.45) is 2.87. The predicted octanol–water partition coefficient (Wildman–Crippen LogP) is 3.69. The summed E-state index contributed by atoms with van der Waals surface area (Å²) in [6, 6.07) is 10.1. The van der Waals surface area contributed by atoms with Crippen molar-refractivity contribution in [3.05, 3.63) is 62.7 Å². The van der Waals surface area contributed by atoms with E-state index in [4.69, 9.17) is 16.3 Å². The van der Waals surface area contributed by atoms with Crippen molar-refractivity contribution in [3.8, 4) is 0 Å². The van der Waals surface area contributed by atoms with E-state index < -0.39 is 11.7 Å². The Morgan fingerprint density at radius 3 is 3.12 bits per heavy atom. The van der Waals surface area contributed by atoms with Crippen LogP contribution in [0.1, 0.15) is 53.7 Å². The first-order valence-corrected chi connectivity index (χ1v) is 11.9. The Morgan fingerprint density at radius 2 is 2.22 bits per heavy atom. The molecule has 1 fully saturated rings. The summed E-state index contributed by atoms with van der Waals surface area (Å²) in [4.78, 5) is 1.04. The van der Waals surface area contributed by atoms with Crippen LogP contribution in [0, 0.1) is 0 Å².